The summed E-state index contributed by atoms with van der Waals surface area (Å²) in [7, 11) is 0. The van der Waals surface area contributed by atoms with E-state index in [1.165, 1.54) is 22.9 Å². The van der Waals surface area contributed by atoms with Gasteiger partial charge in [-0.05, 0) is 64.0 Å². The van der Waals surface area contributed by atoms with Crippen LogP contribution >= 0.6 is 11.6 Å². The maximum atomic E-state index is 13.5. The molecular formula is C34H42ClF2N9O6. The number of esters is 1. The molecule has 0 aliphatic carbocycles. The molecule has 0 atom stereocenters. The number of alkyl halides is 2. The predicted molar refractivity (Wildman–Crippen MR) is 188 cm³/mol. The van der Waals surface area contributed by atoms with E-state index in [9.17, 15) is 18.4 Å². The van der Waals surface area contributed by atoms with Gasteiger partial charge in [0.05, 0.1) is 23.9 Å². The minimum atomic E-state index is -3.06. The van der Waals surface area contributed by atoms with Gasteiger partial charge >= 0.3 is 12.6 Å². The van der Waals surface area contributed by atoms with Crippen LogP contribution in [0.25, 0.3) is 16.9 Å². The number of aromatic nitrogens is 5. The Kier molecular flexibility index (Phi) is 13.0. The Morgan fingerprint density at radius 2 is 1.79 bits per heavy atom. The van der Waals surface area contributed by atoms with Crippen LogP contribution in [0.15, 0.2) is 49.1 Å². The number of benzene rings is 1. The highest BCUT2D eigenvalue weighted by Gasteiger charge is 2.38. The van der Waals surface area contributed by atoms with Crippen LogP contribution in [-0.2, 0) is 25.7 Å². The molecule has 2 fully saturated rings. The van der Waals surface area contributed by atoms with E-state index < -0.39 is 12.0 Å². The average Bonchev–Trinajstić information content (AvgIpc) is 3.73. The maximum Gasteiger partial charge on any atom is 0.387 e. The minimum absolute atomic E-state index is 0.0553. The molecule has 5 heterocycles. The normalized spacial score (nSPS) is 16.3. The molecule has 2 saturated heterocycles. The number of carboxylic acid groups (broad SMARTS) is 1. The fraction of sp³-hybridized carbons (Fsp3) is 0.471. The summed E-state index contributed by atoms with van der Waals surface area (Å²) in [6.45, 7) is 7.02. The number of rotatable bonds is 12. The molecule has 3 aromatic heterocycles. The molecule has 6 rings (SSSR count). The number of nitrogens with zero attached hydrogens (tertiary/aromatic N) is 8. The van der Waals surface area contributed by atoms with Crippen LogP contribution in [0.3, 0.4) is 0 Å². The minimum Gasteiger partial charge on any atom is -0.483 e. The number of carbonyl (C=O) groups excluding carboxylic acids is 2. The van der Waals surface area contributed by atoms with E-state index in [0.29, 0.717) is 41.7 Å². The second-order valence-corrected chi connectivity index (χ2v) is 13.1. The van der Waals surface area contributed by atoms with Gasteiger partial charge in [-0.25, -0.2) is 9.50 Å². The highest BCUT2D eigenvalue weighted by atomic mass is 35.5. The summed E-state index contributed by atoms with van der Waals surface area (Å²) in [5.41, 5.74) is 1.62. The van der Waals surface area contributed by atoms with Crippen LogP contribution in [0.1, 0.15) is 26.7 Å². The third-order valence-corrected chi connectivity index (χ3v) is 9.44. The van der Waals surface area contributed by atoms with Gasteiger partial charge in [-0.2, -0.15) is 19.0 Å². The van der Waals surface area contributed by atoms with Gasteiger partial charge in [0.25, 0.3) is 6.47 Å². The van der Waals surface area contributed by atoms with Crippen molar-refractivity contribution in [1.29, 1.82) is 0 Å². The zero-order valence-electron chi connectivity index (χ0n) is 29.0. The summed E-state index contributed by atoms with van der Waals surface area (Å²) in [4.78, 5) is 45.1. The number of nitrogens with one attached hydrogen (secondary N) is 1. The zero-order valence-corrected chi connectivity index (χ0v) is 29.7. The van der Waals surface area contributed by atoms with Gasteiger partial charge in [-0.15, -0.1) is 0 Å². The van der Waals surface area contributed by atoms with Crippen LogP contribution < -0.4 is 10.1 Å². The molecule has 0 unspecified atom stereocenters. The lowest BCUT2D eigenvalue weighted by Crippen LogP contribution is -2.52. The van der Waals surface area contributed by atoms with Crippen molar-refractivity contribution in [2.24, 2.45) is 5.41 Å². The molecule has 0 bridgehead atoms. The molecule has 1 amide bonds. The molecule has 0 radical (unpaired) electrons. The molecule has 2 N–H and O–H groups in total. The number of hydrogen-bond acceptors (Lipinski definition) is 11. The lowest BCUT2D eigenvalue weighted by molar-refractivity contribution is -0.157. The van der Waals surface area contributed by atoms with Gasteiger partial charge in [0.1, 0.15) is 23.7 Å². The lowest BCUT2D eigenvalue weighted by Gasteiger charge is -2.39. The van der Waals surface area contributed by atoms with Crippen LogP contribution in [0, 0.1) is 5.41 Å². The number of piperazine rings is 1. The first kappa shape index (κ1) is 38.4. The number of piperidine rings is 1. The number of amides is 1. The van der Waals surface area contributed by atoms with Crippen LogP contribution in [0.4, 0.5) is 20.2 Å². The van der Waals surface area contributed by atoms with Crippen molar-refractivity contribution >= 4 is 47.0 Å². The topological polar surface area (TPSA) is 160 Å². The Labute approximate surface area is 304 Å². The van der Waals surface area contributed by atoms with E-state index in [4.69, 9.17) is 31.0 Å². The van der Waals surface area contributed by atoms with Crippen molar-refractivity contribution in [3.8, 4) is 17.0 Å². The van der Waals surface area contributed by atoms with Crippen molar-refractivity contribution in [3.05, 3.63) is 54.1 Å². The molecule has 2 aliphatic rings. The number of fused-ring (bicyclic) bond motifs is 1. The van der Waals surface area contributed by atoms with Crippen molar-refractivity contribution in [2.75, 3.05) is 64.3 Å². The third-order valence-electron chi connectivity index (χ3n) is 9.21. The first-order valence-corrected chi connectivity index (χ1v) is 17.3. The Morgan fingerprint density at radius 1 is 1.10 bits per heavy atom. The molecule has 52 heavy (non-hydrogen) atoms. The van der Waals surface area contributed by atoms with E-state index >= 15 is 0 Å². The maximum absolute atomic E-state index is 13.5. The standard InChI is InChI=1S/C33H40ClF2N9O4.CH2O2/c1-3-48-31(47)33(2)7-11-41(12-8-33)13-14-42-15-17-43(18-16-42)28(46)22-44-21-26(39-25-20-38-45-10-4-9-37-30(25)45)29(40-44)24-19-23(34)5-6-27(24)49-32(35)36;2-1-3/h4-6,9-10,19-21,32,39H,3,7-8,11-18,22H2,1-2H3;1H,(H,2,3). The Balaban J connectivity index is 0.00000168. The van der Waals surface area contributed by atoms with Crippen molar-refractivity contribution in [1.82, 2.24) is 39.1 Å². The highest BCUT2D eigenvalue weighted by molar-refractivity contribution is 6.31. The van der Waals surface area contributed by atoms with Crippen molar-refractivity contribution in [3.63, 3.8) is 0 Å². The Hall–Kier alpha value is -4.87. The molecule has 280 valence electrons. The monoisotopic (exact) mass is 745 g/mol. The number of ether oxygens (including phenoxy) is 2. The van der Waals surface area contributed by atoms with E-state index in [1.54, 1.807) is 35.4 Å². The molecule has 18 heteroatoms. The summed E-state index contributed by atoms with van der Waals surface area (Å²) in [6, 6.07) is 6.06. The van der Waals surface area contributed by atoms with Gasteiger partial charge in [-0.1, -0.05) is 11.6 Å². The SMILES string of the molecule is CCOC(=O)C1(C)CCN(CCN2CCN(C(=O)Cn3cc(Nc4cnn5cccnc45)c(-c4cc(Cl)ccc4OC(F)F)n3)CC2)CC1.O=CO. The van der Waals surface area contributed by atoms with E-state index in [0.717, 1.165) is 52.1 Å². The summed E-state index contributed by atoms with van der Waals surface area (Å²) in [6.07, 6.45) is 8.19. The molecule has 15 nitrogen and oxygen atoms in total. The molecule has 4 aromatic rings. The van der Waals surface area contributed by atoms with E-state index in [2.05, 4.69) is 30.3 Å². The average molecular weight is 746 g/mol. The first-order chi connectivity index (χ1) is 25.0. The molecule has 1 aromatic carbocycles. The summed E-state index contributed by atoms with van der Waals surface area (Å²) in [5, 5.41) is 19.4. The summed E-state index contributed by atoms with van der Waals surface area (Å²) < 4.78 is 39.8. The highest BCUT2D eigenvalue weighted by Crippen LogP contribution is 2.38. The summed E-state index contributed by atoms with van der Waals surface area (Å²) >= 11 is 6.27. The second-order valence-electron chi connectivity index (χ2n) is 12.6. The lowest BCUT2D eigenvalue weighted by atomic mass is 9.80. The van der Waals surface area contributed by atoms with Crippen molar-refractivity contribution in [2.45, 2.75) is 39.8 Å². The zero-order chi connectivity index (χ0) is 37.3. The first-order valence-electron chi connectivity index (χ1n) is 16.9. The predicted octanol–water partition coefficient (Wildman–Crippen LogP) is 4.10. The second kappa shape index (κ2) is 17.6. The van der Waals surface area contributed by atoms with Crippen LogP contribution in [0.5, 0.6) is 5.75 Å². The number of hydrogen-bond donors (Lipinski definition) is 2. The Morgan fingerprint density at radius 3 is 2.46 bits per heavy atom. The molecule has 0 spiro atoms. The van der Waals surface area contributed by atoms with Crippen molar-refractivity contribution < 1.29 is 37.7 Å². The largest absolute Gasteiger partial charge is 0.483 e. The molecular weight excluding hydrogens is 704 g/mol. The van der Waals surface area contributed by atoms with Gasteiger partial charge in [0.15, 0.2) is 5.65 Å². The molecule has 0 saturated carbocycles. The summed E-state index contributed by atoms with van der Waals surface area (Å²) in [5.74, 6) is -0.318. The fourth-order valence-corrected chi connectivity index (χ4v) is 6.43. The van der Waals surface area contributed by atoms with Crippen LogP contribution in [-0.4, -0.2) is 128 Å². The number of anilines is 2. The quantitative estimate of drug-likeness (QED) is 0.158. The molecule has 2 aliphatic heterocycles. The van der Waals surface area contributed by atoms with Gasteiger partial charge in [0, 0.05) is 68.4 Å². The Bertz CT molecular complexity index is 1820. The fourth-order valence-electron chi connectivity index (χ4n) is 6.26. The van der Waals surface area contributed by atoms with E-state index in [1.807, 2.05) is 18.7 Å². The van der Waals surface area contributed by atoms with Gasteiger partial charge < -0.3 is 29.7 Å². The van der Waals surface area contributed by atoms with Crippen LogP contribution in [0.2, 0.25) is 5.02 Å². The smallest absolute Gasteiger partial charge is 0.387 e. The van der Waals surface area contributed by atoms with E-state index in [-0.39, 0.29) is 41.9 Å². The van der Waals surface area contributed by atoms with Gasteiger partial charge in [-0.3, -0.25) is 24.0 Å². The number of carbonyl (C=O) groups is 3. The van der Waals surface area contributed by atoms with Gasteiger partial charge in [0.2, 0.25) is 5.91 Å². The number of halogens is 3. The third kappa shape index (κ3) is 9.51. The number of likely N-dealkylation sites (tertiary alicyclic amines) is 1.